The molecular weight excluding hydrogens is 286 g/mol. The van der Waals surface area contributed by atoms with Gasteiger partial charge in [-0.05, 0) is 38.3 Å². The largest absolute Gasteiger partial charge is 0.464 e. The summed E-state index contributed by atoms with van der Waals surface area (Å²) in [6.45, 7) is 12.1. The van der Waals surface area contributed by atoms with Gasteiger partial charge in [0.15, 0.2) is 0 Å². The summed E-state index contributed by atoms with van der Waals surface area (Å²) in [7, 11) is 0. The Bertz CT molecular complexity index is 285. The van der Waals surface area contributed by atoms with E-state index in [4.69, 9.17) is 4.74 Å². The SMILES string of the molecule is CCN(CC)CCOC(=O)C1(CC(C)C)CCCCC1.Cl. The molecule has 0 aliphatic heterocycles. The van der Waals surface area contributed by atoms with E-state index in [0.717, 1.165) is 38.9 Å². The van der Waals surface area contributed by atoms with Crippen LogP contribution in [0.2, 0.25) is 0 Å². The summed E-state index contributed by atoms with van der Waals surface area (Å²) in [6, 6.07) is 0. The monoisotopic (exact) mass is 319 g/mol. The maximum absolute atomic E-state index is 12.6. The van der Waals surface area contributed by atoms with Crippen LogP contribution >= 0.6 is 12.4 Å². The Labute approximate surface area is 137 Å². The van der Waals surface area contributed by atoms with E-state index in [-0.39, 0.29) is 23.8 Å². The molecule has 4 heteroatoms. The van der Waals surface area contributed by atoms with Crippen molar-refractivity contribution in [2.75, 3.05) is 26.2 Å². The molecule has 1 fully saturated rings. The lowest BCUT2D eigenvalue weighted by Gasteiger charge is -2.36. The van der Waals surface area contributed by atoms with Crippen LogP contribution in [0.5, 0.6) is 0 Å². The molecule has 0 bridgehead atoms. The summed E-state index contributed by atoms with van der Waals surface area (Å²) < 4.78 is 5.64. The van der Waals surface area contributed by atoms with Gasteiger partial charge in [-0.2, -0.15) is 0 Å². The summed E-state index contributed by atoms with van der Waals surface area (Å²) in [6.07, 6.45) is 6.66. The van der Waals surface area contributed by atoms with Gasteiger partial charge in [0.05, 0.1) is 5.41 Å². The first-order valence-electron chi connectivity index (χ1n) is 8.43. The van der Waals surface area contributed by atoms with Crippen molar-refractivity contribution >= 4 is 18.4 Å². The summed E-state index contributed by atoms with van der Waals surface area (Å²) in [5, 5.41) is 0. The van der Waals surface area contributed by atoms with Gasteiger partial charge in [0.25, 0.3) is 0 Å². The fourth-order valence-electron chi connectivity index (χ4n) is 3.46. The molecule has 1 saturated carbocycles. The number of hydrogen-bond acceptors (Lipinski definition) is 3. The lowest BCUT2D eigenvalue weighted by atomic mass is 9.69. The highest BCUT2D eigenvalue weighted by atomic mass is 35.5. The number of carbonyl (C=O) groups excluding carboxylic acids is 1. The Morgan fingerprint density at radius 1 is 1.14 bits per heavy atom. The highest BCUT2D eigenvalue weighted by molar-refractivity contribution is 5.85. The number of ether oxygens (including phenoxy) is 1. The third-order valence-corrected chi connectivity index (χ3v) is 4.58. The minimum Gasteiger partial charge on any atom is -0.464 e. The molecule has 0 aromatic carbocycles. The number of halogens is 1. The first kappa shape index (κ1) is 20.7. The number of esters is 1. The van der Waals surface area contributed by atoms with E-state index in [9.17, 15) is 4.79 Å². The Hall–Kier alpha value is -0.280. The van der Waals surface area contributed by atoms with Gasteiger partial charge in [-0.3, -0.25) is 4.79 Å². The molecule has 0 radical (unpaired) electrons. The fourth-order valence-corrected chi connectivity index (χ4v) is 3.46. The number of hydrogen-bond donors (Lipinski definition) is 0. The van der Waals surface area contributed by atoms with E-state index in [1.807, 2.05) is 0 Å². The van der Waals surface area contributed by atoms with Crippen molar-refractivity contribution in [3.63, 3.8) is 0 Å². The first-order chi connectivity index (χ1) is 9.54. The van der Waals surface area contributed by atoms with Crippen molar-refractivity contribution < 1.29 is 9.53 Å². The van der Waals surface area contributed by atoms with Gasteiger partial charge in [-0.1, -0.05) is 47.0 Å². The van der Waals surface area contributed by atoms with E-state index >= 15 is 0 Å². The molecule has 21 heavy (non-hydrogen) atoms. The van der Waals surface area contributed by atoms with Crippen molar-refractivity contribution in [1.82, 2.24) is 4.90 Å². The van der Waals surface area contributed by atoms with Crippen LogP contribution in [0.4, 0.5) is 0 Å². The van der Waals surface area contributed by atoms with Crippen molar-refractivity contribution in [1.29, 1.82) is 0 Å². The molecule has 0 aromatic heterocycles. The van der Waals surface area contributed by atoms with Gasteiger partial charge in [0.1, 0.15) is 6.61 Å². The van der Waals surface area contributed by atoms with E-state index < -0.39 is 0 Å². The molecule has 1 aliphatic rings. The van der Waals surface area contributed by atoms with Crippen LogP contribution in [0.15, 0.2) is 0 Å². The Morgan fingerprint density at radius 3 is 2.19 bits per heavy atom. The Kier molecular flexibility index (Phi) is 10.3. The quantitative estimate of drug-likeness (QED) is 0.625. The molecule has 0 N–H and O–H groups in total. The maximum Gasteiger partial charge on any atom is 0.312 e. The van der Waals surface area contributed by atoms with Gasteiger partial charge in [-0.25, -0.2) is 0 Å². The number of nitrogens with zero attached hydrogens (tertiary/aromatic N) is 1. The second-order valence-corrected chi connectivity index (χ2v) is 6.60. The molecule has 1 rings (SSSR count). The molecule has 0 amide bonds. The summed E-state index contributed by atoms with van der Waals surface area (Å²) in [4.78, 5) is 14.9. The standard InChI is InChI=1S/C17H33NO2.ClH/c1-5-18(6-2)12-13-20-16(19)17(14-15(3)4)10-8-7-9-11-17;/h15H,5-14H2,1-4H3;1H. The molecule has 0 saturated heterocycles. The van der Waals surface area contributed by atoms with Crippen molar-refractivity contribution in [3.8, 4) is 0 Å². The molecule has 0 atom stereocenters. The normalized spacial score (nSPS) is 17.6. The first-order valence-corrected chi connectivity index (χ1v) is 8.43. The average molecular weight is 320 g/mol. The molecule has 126 valence electrons. The van der Waals surface area contributed by atoms with E-state index in [2.05, 4.69) is 32.6 Å². The molecule has 0 heterocycles. The van der Waals surface area contributed by atoms with Crippen LogP contribution in [0.25, 0.3) is 0 Å². The van der Waals surface area contributed by atoms with Gasteiger partial charge < -0.3 is 9.64 Å². The second-order valence-electron chi connectivity index (χ2n) is 6.60. The lowest BCUT2D eigenvalue weighted by Crippen LogP contribution is -2.38. The van der Waals surface area contributed by atoms with E-state index in [1.165, 1.54) is 19.3 Å². The summed E-state index contributed by atoms with van der Waals surface area (Å²) in [5.74, 6) is 0.626. The predicted octanol–water partition coefficient (Wildman–Crippen LogP) is 4.29. The van der Waals surface area contributed by atoms with Crippen LogP contribution in [-0.2, 0) is 9.53 Å². The smallest absolute Gasteiger partial charge is 0.312 e. The lowest BCUT2D eigenvalue weighted by molar-refractivity contribution is -0.160. The third-order valence-electron chi connectivity index (χ3n) is 4.58. The molecule has 0 aromatic rings. The number of likely N-dealkylation sites (N-methyl/N-ethyl adjacent to an activating group) is 1. The summed E-state index contributed by atoms with van der Waals surface area (Å²) >= 11 is 0. The molecular formula is C17H34ClNO2. The van der Waals surface area contributed by atoms with Crippen LogP contribution in [0.3, 0.4) is 0 Å². The van der Waals surface area contributed by atoms with Crippen molar-refractivity contribution in [3.05, 3.63) is 0 Å². The van der Waals surface area contributed by atoms with Gasteiger partial charge in [-0.15, -0.1) is 12.4 Å². The van der Waals surface area contributed by atoms with Gasteiger partial charge in [0.2, 0.25) is 0 Å². The Morgan fingerprint density at radius 2 is 1.71 bits per heavy atom. The highest BCUT2D eigenvalue weighted by Gasteiger charge is 2.41. The zero-order chi connectivity index (χ0) is 15.0. The average Bonchev–Trinajstić information content (AvgIpc) is 2.43. The maximum atomic E-state index is 12.6. The molecule has 0 spiro atoms. The van der Waals surface area contributed by atoms with Crippen LogP contribution in [0.1, 0.15) is 66.2 Å². The minimum atomic E-state index is -0.185. The third kappa shape index (κ3) is 6.56. The Balaban J connectivity index is 0.00000400. The van der Waals surface area contributed by atoms with E-state index in [1.54, 1.807) is 0 Å². The number of carbonyl (C=O) groups is 1. The van der Waals surface area contributed by atoms with Crippen LogP contribution < -0.4 is 0 Å². The van der Waals surface area contributed by atoms with E-state index in [0.29, 0.717) is 12.5 Å². The van der Waals surface area contributed by atoms with Crippen LogP contribution in [0, 0.1) is 11.3 Å². The zero-order valence-electron chi connectivity index (χ0n) is 14.3. The van der Waals surface area contributed by atoms with Crippen molar-refractivity contribution in [2.24, 2.45) is 11.3 Å². The molecule has 0 unspecified atom stereocenters. The molecule has 3 nitrogen and oxygen atoms in total. The summed E-state index contributed by atoms with van der Waals surface area (Å²) in [5.41, 5.74) is -0.185. The fraction of sp³-hybridized carbons (Fsp3) is 0.941. The predicted molar refractivity (Wildman–Crippen MR) is 91.0 cm³/mol. The minimum absolute atomic E-state index is 0. The second kappa shape index (κ2) is 10.4. The van der Waals surface area contributed by atoms with Crippen molar-refractivity contribution in [2.45, 2.75) is 66.2 Å². The van der Waals surface area contributed by atoms with Gasteiger partial charge >= 0.3 is 5.97 Å². The molecule has 1 aliphatic carbocycles. The van der Waals surface area contributed by atoms with Crippen LogP contribution in [-0.4, -0.2) is 37.1 Å². The number of rotatable bonds is 8. The topological polar surface area (TPSA) is 29.5 Å². The zero-order valence-corrected chi connectivity index (χ0v) is 15.1. The van der Waals surface area contributed by atoms with Gasteiger partial charge in [0, 0.05) is 6.54 Å². The highest BCUT2D eigenvalue weighted by Crippen LogP contribution is 2.42.